The van der Waals surface area contributed by atoms with Crippen molar-refractivity contribution in [1.29, 1.82) is 0 Å². The summed E-state index contributed by atoms with van der Waals surface area (Å²) in [5.41, 5.74) is 1.31. The number of carbonyl (C=O) groups is 1. The Hall–Kier alpha value is -3.08. The van der Waals surface area contributed by atoms with E-state index in [2.05, 4.69) is 36.0 Å². The average molecular weight is 329 g/mol. The Morgan fingerprint density at radius 3 is 3.22 bits per heavy atom. The number of carbonyl (C=O) groups excluding carboxylic acids is 1. The highest BCUT2D eigenvalue weighted by Gasteiger charge is 2.16. The van der Waals surface area contributed by atoms with Gasteiger partial charge in [-0.3, -0.25) is 14.3 Å². The van der Waals surface area contributed by atoms with Crippen LogP contribution in [0.5, 0.6) is 0 Å². The molecule has 0 fully saturated rings. The van der Waals surface area contributed by atoms with Crippen LogP contribution in [-0.2, 0) is 6.42 Å². The summed E-state index contributed by atoms with van der Waals surface area (Å²) in [7, 11) is 0. The van der Waals surface area contributed by atoms with Gasteiger partial charge in [-0.05, 0) is 10.4 Å². The van der Waals surface area contributed by atoms with Crippen LogP contribution in [-0.4, -0.2) is 52.2 Å². The van der Waals surface area contributed by atoms with Gasteiger partial charge in [0, 0.05) is 30.7 Å². The Labute approximate surface area is 133 Å². The molecule has 4 rings (SSSR count). The highest BCUT2D eigenvalue weighted by molar-refractivity contribution is 7.15. The van der Waals surface area contributed by atoms with Gasteiger partial charge in [0.2, 0.25) is 0 Å². The minimum atomic E-state index is -0.245. The molecule has 1 amide bonds. The first kappa shape index (κ1) is 13.6. The first-order valence-electron chi connectivity index (χ1n) is 6.77. The molecule has 4 aromatic rings. The second-order valence-corrected chi connectivity index (χ2v) is 5.59. The molecule has 4 heterocycles. The van der Waals surface area contributed by atoms with Crippen molar-refractivity contribution in [3.8, 4) is 5.82 Å². The van der Waals surface area contributed by atoms with Crippen LogP contribution in [0.2, 0.25) is 0 Å². The zero-order chi connectivity index (χ0) is 15.6. The molecule has 10 nitrogen and oxygen atoms in total. The molecule has 0 aliphatic heterocycles. The predicted molar refractivity (Wildman–Crippen MR) is 80.4 cm³/mol. The van der Waals surface area contributed by atoms with Crippen molar-refractivity contribution in [2.24, 2.45) is 0 Å². The Kier molecular flexibility index (Phi) is 3.31. The van der Waals surface area contributed by atoms with Gasteiger partial charge in [-0.2, -0.15) is 9.78 Å². The smallest absolute Gasteiger partial charge is 0.256 e. The Morgan fingerprint density at radius 2 is 2.39 bits per heavy atom. The third-order valence-corrected chi connectivity index (χ3v) is 4.02. The maximum absolute atomic E-state index is 12.3. The van der Waals surface area contributed by atoms with E-state index in [4.69, 9.17) is 0 Å². The molecule has 4 aromatic heterocycles. The minimum Gasteiger partial charge on any atom is -0.351 e. The molecule has 0 aliphatic rings. The average Bonchev–Trinajstić information content (AvgIpc) is 3.29. The van der Waals surface area contributed by atoms with E-state index in [1.165, 1.54) is 17.2 Å². The zero-order valence-corrected chi connectivity index (χ0v) is 12.6. The van der Waals surface area contributed by atoms with Crippen LogP contribution >= 0.6 is 11.3 Å². The van der Waals surface area contributed by atoms with E-state index >= 15 is 0 Å². The number of hydrogen-bond acceptors (Lipinski definition) is 7. The van der Waals surface area contributed by atoms with Crippen LogP contribution in [0.3, 0.4) is 0 Å². The monoisotopic (exact) mass is 329 g/mol. The number of fused-ring (bicyclic) bond motifs is 1. The summed E-state index contributed by atoms with van der Waals surface area (Å²) < 4.78 is 3.32. The lowest BCUT2D eigenvalue weighted by Gasteiger charge is -2.04. The molecular weight excluding hydrogens is 318 g/mol. The number of amides is 1. The number of tetrazole rings is 1. The molecule has 0 saturated heterocycles. The molecule has 116 valence electrons. The van der Waals surface area contributed by atoms with Crippen molar-refractivity contribution in [1.82, 2.24) is 45.1 Å². The molecule has 11 heteroatoms. The molecule has 0 radical (unpaired) electrons. The van der Waals surface area contributed by atoms with Gasteiger partial charge >= 0.3 is 0 Å². The number of nitrogens with zero attached hydrogens (tertiary/aromatic N) is 7. The lowest BCUT2D eigenvalue weighted by Crippen LogP contribution is -2.26. The van der Waals surface area contributed by atoms with Crippen molar-refractivity contribution in [3.05, 3.63) is 41.6 Å². The van der Waals surface area contributed by atoms with Crippen molar-refractivity contribution < 1.29 is 4.79 Å². The normalized spacial score (nSPS) is 11.1. The SMILES string of the molecule is O=C(NCCc1cn2ccsc2n1)c1cn[nH]c1-n1cnnn1. The summed E-state index contributed by atoms with van der Waals surface area (Å²) in [5, 5.41) is 22.2. The largest absolute Gasteiger partial charge is 0.351 e. The van der Waals surface area contributed by atoms with Crippen molar-refractivity contribution in [3.63, 3.8) is 0 Å². The fraction of sp³-hybridized carbons (Fsp3) is 0.167. The summed E-state index contributed by atoms with van der Waals surface area (Å²) >= 11 is 1.58. The lowest BCUT2D eigenvalue weighted by molar-refractivity contribution is 0.0954. The third kappa shape index (κ3) is 2.57. The minimum absolute atomic E-state index is 0.245. The van der Waals surface area contributed by atoms with Crippen LogP contribution in [0.25, 0.3) is 10.8 Å². The summed E-state index contributed by atoms with van der Waals surface area (Å²) in [6, 6.07) is 0. The van der Waals surface area contributed by atoms with Crippen LogP contribution < -0.4 is 5.32 Å². The Bertz CT molecular complexity index is 906. The van der Waals surface area contributed by atoms with Gasteiger partial charge in [0.1, 0.15) is 11.9 Å². The number of H-pyrrole nitrogens is 1. The number of nitrogens with one attached hydrogen (secondary N) is 2. The molecule has 0 aromatic carbocycles. The zero-order valence-electron chi connectivity index (χ0n) is 11.7. The van der Waals surface area contributed by atoms with E-state index in [0.717, 1.165) is 10.7 Å². The molecule has 0 unspecified atom stereocenters. The number of imidazole rings is 1. The number of thiazole rings is 1. The van der Waals surface area contributed by atoms with Crippen LogP contribution in [0.15, 0.2) is 30.3 Å². The summed E-state index contributed by atoms with van der Waals surface area (Å²) in [6.45, 7) is 0.476. The van der Waals surface area contributed by atoms with Gasteiger partial charge in [0.25, 0.3) is 5.91 Å². The Morgan fingerprint density at radius 1 is 1.43 bits per heavy atom. The van der Waals surface area contributed by atoms with Gasteiger partial charge < -0.3 is 5.32 Å². The fourth-order valence-electron chi connectivity index (χ4n) is 2.18. The van der Waals surface area contributed by atoms with Gasteiger partial charge in [-0.25, -0.2) is 4.98 Å². The van der Waals surface area contributed by atoms with Gasteiger partial charge in [0.05, 0.1) is 11.9 Å². The first-order valence-corrected chi connectivity index (χ1v) is 7.65. The molecule has 2 N–H and O–H groups in total. The van der Waals surface area contributed by atoms with Crippen molar-refractivity contribution >= 4 is 22.2 Å². The fourth-order valence-corrected chi connectivity index (χ4v) is 2.90. The van der Waals surface area contributed by atoms with E-state index in [1.54, 1.807) is 11.3 Å². The van der Waals surface area contributed by atoms with E-state index < -0.39 is 0 Å². The quantitative estimate of drug-likeness (QED) is 0.535. The molecule has 0 saturated carbocycles. The van der Waals surface area contributed by atoms with Gasteiger partial charge in [-0.15, -0.1) is 16.4 Å². The van der Waals surface area contributed by atoms with Crippen molar-refractivity contribution in [2.75, 3.05) is 6.54 Å². The van der Waals surface area contributed by atoms with Gasteiger partial charge in [-0.1, -0.05) is 0 Å². The highest BCUT2D eigenvalue weighted by Crippen LogP contribution is 2.12. The second-order valence-electron chi connectivity index (χ2n) is 4.72. The highest BCUT2D eigenvalue weighted by atomic mass is 32.1. The van der Waals surface area contributed by atoms with E-state index in [1.807, 2.05) is 22.2 Å². The molecule has 0 atom stereocenters. The number of aromatic amines is 1. The van der Waals surface area contributed by atoms with E-state index in [9.17, 15) is 4.79 Å². The molecule has 0 aliphatic carbocycles. The predicted octanol–water partition coefficient (Wildman–Crippen LogP) is 0.0671. The number of hydrogen-bond donors (Lipinski definition) is 2. The number of aromatic nitrogens is 8. The van der Waals surface area contributed by atoms with Crippen LogP contribution in [0.4, 0.5) is 0 Å². The van der Waals surface area contributed by atoms with Crippen molar-refractivity contribution in [2.45, 2.75) is 6.42 Å². The second kappa shape index (κ2) is 5.61. The first-order chi connectivity index (χ1) is 11.3. The maximum Gasteiger partial charge on any atom is 0.256 e. The molecular formula is C12H11N9OS. The van der Waals surface area contributed by atoms with E-state index in [0.29, 0.717) is 24.3 Å². The third-order valence-electron chi connectivity index (χ3n) is 3.25. The summed E-state index contributed by atoms with van der Waals surface area (Å²) in [4.78, 5) is 17.7. The Balaban J connectivity index is 1.41. The molecule has 23 heavy (non-hydrogen) atoms. The summed E-state index contributed by atoms with van der Waals surface area (Å²) in [5.74, 6) is 0.181. The lowest BCUT2D eigenvalue weighted by atomic mass is 10.3. The van der Waals surface area contributed by atoms with E-state index in [-0.39, 0.29) is 5.91 Å². The summed E-state index contributed by atoms with van der Waals surface area (Å²) in [6.07, 6.45) is 7.40. The van der Waals surface area contributed by atoms with Crippen LogP contribution in [0.1, 0.15) is 16.1 Å². The topological polar surface area (TPSA) is 119 Å². The molecule has 0 bridgehead atoms. The number of rotatable bonds is 5. The van der Waals surface area contributed by atoms with Gasteiger partial charge in [0.15, 0.2) is 10.8 Å². The molecule has 0 spiro atoms. The van der Waals surface area contributed by atoms with Crippen LogP contribution in [0, 0.1) is 0 Å². The maximum atomic E-state index is 12.3. The standard InChI is InChI=1S/C12H11N9OS/c22-11(9-5-14-17-10(9)21-7-15-18-19-21)13-2-1-8-6-20-3-4-23-12(20)16-8/h3-7H,1-2H2,(H,13,22)(H,14,17).